The summed E-state index contributed by atoms with van der Waals surface area (Å²) in [4.78, 5) is 26.0. The maximum absolute atomic E-state index is 13.0. The number of fused-ring (bicyclic) bond motifs is 1. The molecule has 4 nitrogen and oxygen atoms in total. The number of nitrogens with one attached hydrogen (secondary N) is 1. The second-order valence-electron chi connectivity index (χ2n) is 4.92. The Labute approximate surface area is 116 Å². The van der Waals surface area contributed by atoms with Crippen molar-refractivity contribution in [2.45, 2.75) is 25.1 Å². The van der Waals surface area contributed by atoms with Crippen molar-refractivity contribution in [2.75, 3.05) is 0 Å². The molecule has 1 heterocycles. The summed E-state index contributed by atoms with van der Waals surface area (Å²) in [6.07, 6.45) is -2.72. The fraction of sp³-hybridized carbons (Fsp3) is 0.286. The first-order valence-corrected chi connectivity index (χ1v) is 6.39. The van der Waals surface area contributed by atoms with Gasteiger partial charge in [-0.1, -0.05) is 12.1 Å². The van der Waals surface area contributed by atoms with Crippen LogP contribution in [0, 0.1) is 0 Å². The number of nitrogens with zero attached hydrogens (tertiary/aromatic N) is 1. The van der Waals surface area contributed by atoms with Crippen LogP contribution in [-0.4, -0.2) is 9.55 Å². The smallest absolute Gasteiger partial charge is 0.314 e. The van der Waals surface area contributed by atoms with Gasteiger partial charge in [-0.2, -0.15) is 13.2 Å². The Morgan fingerprint density at radius 3 is 2.62 bits per heavy atom. The second-order valence-corrected chi connectivity index (χ2v) is 4.92. The van der Waals surface area contributed by atoms with Gasteiger partial charge in [-0.25, -0.2) is 4.79 Å². The van der Waals surface area contributed by atoms with Crippen molar-refractivity contribution in [3.63, 3.8) is 0 Å². The minimum Gasteiger partial charge on any atom is -0.314 e. The van der Waals surface area contributed by atoms with E-state index in [1.165, 1.54) is 18.3 Å². The summed E-state index contributed by atoms with van der Waals surface area (Å²) in [6, 6.07) is 4.41. The number of aromatic nitrogens is 2. The van der Waals surface area contributed by atoms with Gasteiger partial charge in [0.2, 0.25) is 0 Å². The van der Waals surface area contributed by atoms with E-state index in [1.54, 1.807) is 6.07 Å². The largest absolute Gasteiger partial charge is 0.416 e. The lowest BCUT2D eigenvalue weighted by Crippen LogP contribution is -2.36. The molecule has 0 amide bonds. The molecule has 0 spiro atoms. The number of benzene rings is 1. The van der Waals surface area contributed by atoms with E-state index in [0.717, 1.165) is 10.6 Å². The fourth-order valence-corrected chi connectivity index (χ4v) is 2.90. The maximum atomic E-state index is 13.0. The molecule has 1 aromatic heterocycles. The van der Waals surface area contributed by atoms with Crippen molar-refractivity contribution in [3.8, 4) is 0 Å². The van der Waals surface area contributed by atoms with Gasteiger partial charge < -0.3 is 4.98 Å². The minimum absolute atomic E-state index is 0.171. The fourth-order valence-electron chi connectivity index (χ4n) is 2.90. The van der Waals surface area contributed by atoms with Gasteiger partial charge in [0, 0.05) is 12.3 Å². The zero-order valence-electron chi connectivity index (χ0n) is 10.8. The first kappa shape index (κ1) is 13.7. The third-order valence-electron chi connectivity index (χ3n) is 3.75. The molecule has 1 aliphatic rings. The Morgan fingerprint density at radius 2 is 1.95 bits per heavy atom. The van der Waals surface area contributed by atoms with Crippen LogP contribution < -0.4 is 11.2 Å². The molecule has 1 aromatic carbocycles. The zero-order valence-corrected chi connectivity index (χ0v) is 10.8. The molecule has 0 fully saturated rings. The summed E-state index contributed by atoms with van der Waals surface area (Å²) in [5.74, 6) is 0. The molecule has 0 aliphatic heterocycles. The molecule has 1 unspecified atom stereocenters. The first-order valence-electron chi connectivity index (χ1n) is 6.39. The number of rotatable bonds is 1. The van der Waals surface area contributed by atoms with Crippen molar-refractivity contribution in [2.24, 2.45) is 0 Å². The van der Waals surface area contributed by atoms with Crippen LogP contribution >= 0.6 is 0 Å². The predicted molar refractivity (Wildman–Crippen MR) is 69.2 cm³/mol. The van der Waals surface area contributed by atoms with Gasteiger partial charge in [0.05, 0.1) is 11.6 Å². The molecule has 0 bridgehead atoms. The third kappa shape index (κ3) is 2.18. The van der Waals surface area contributed by atoms with Crippen LogP contribution in [0.1, 0.15) is 29.2 Å². The van der Waals surface area contributed by atoms with Gasteiger partial charge in [0.15, 0.2) is 0 Å². The average molecular weight is 296 g/mol. The molecule has 1 atom stereocenters. The van der Waals surface area contributed by atoms with Crippen LogP contribution in [0.2, 0.25) is 0 Å². The van der Waals surface area contributed by atoms with E-state index in [-0.39, 0.29) is 12.0 Å². The van der Waals surface area contributed by atoms with Gasteiger partial charge in [-0.05, 0) is 30.0 Å². The summed E-state index contributed by atoms with van der Waals surface area (Å²) in [5.41, 5.74) is -1.26. The van der Waals surface area contributed by atoms with Crippen LogP contribution in [0.4, 0.5) is 13.2 Å². The summed E-state index contributed by atoms with van der Waals surface area (Å²) >= 11 is 0. The van der Waals surface area contributed by atoms with Crippen molar-refractivity contribution in [1.29, 1.82) is 0 Å². The van der Waals surface area contributed by atoms with E-state index in [0.29, 0.717) is 12.0 Å². The van der Waals surface area contributed by atoms with Crippen LogP contribution in [0.15, 0.2) is 40.1 Å². The van der Waals surface area contributed by atoms with E-state index in [2.05, 4.69) is 4.98 Å². The van der Waals surface area contributed by atoms with E-state index >= 15 is 0 Å². The molecule has 2 aromatic rings. The van der Waals surface area contributed by atoms with Gasteiger partial charge in [-0.3, -0.25) is 9.36 Å². The quantitative estimate of drug-likeness (QED) is 0.876. The SMILES string of the molecule is O=c1cc[nH]c(=O)n1C1CCc2c1cccc2C(F)(F)F. The standard InChI is InChI=1S/C14H11F3N2O2/c15-14(16,17)10-3-1-2-9-8(10)4-5-11(9)19-12(20)6-7-18-13(19)21/h1-3,6-7,11H,4-5H2,(H,18,21). The Kier molecular flexibility index (Phi) is 3.00. The molecule has 1 N–H and O–H groups in total. The van der Waals surface area contributed by atoms with E-state index in [4.69, 9.17) is 0 Å². The Balaban J connectivity index is 2.19. The number of hydrogen-bond acceptors (Lipinski definition) is 2. The van der Waals surface area contributed by atoms with Gasteiger partial charge in [-0.15, -0.1) is 0 Å². The Hall–Kier alpha value is -2.31. The lowest BCUT2D eigenvalue weighted by atomic mass is 10.0. The number of hydrogen-bond donors (Lipinski definition) is 1. The molecule has 0 radical (unpaired) electrons. The lowest BCUT2D eigenvalue weighted by Gasteiger charge is -2.15. The van der Waals surface area contributed by atoms with Crippen molar-refractivity contribution in [1.82, 2.24) is 9.55 Å². The van der Waals surface area contributed by atoms with Crippen molar-refractivity contribution in [3.05, 3.63) is 68.0 Å². The highest BCUT2D eigenvalue weighted by Gasteiger charge is 2.37. The van der Waals surface area contributed by atoms with Crippen LogP contribution in [0.3, 0.4) is 0 Å². The summed E-state index contributed by atoms with van der Waals surface area (Å²) in [5, 5.41) is 0. The molecule has 0 saturated carbocycles. The molecule has 21 heavy (non-hydrogen) atoms. The highest BCUT2D eigenvalue weighted by atomic mass is 19.4. The predicted octanol–water partition coefficient (Wildman–Crippen LogP) is 2.09. The first-order chi connectivity index (χ1) is 9.89. The molecule has 110 valence electrons. The molecule has 0 saturated heterocycles. The molecular formula is C14H11F3N2O2. The average Bonchev–Trinajstić information content (AvgIpc) is 2.81. The van der Waals surface area contributed by atoms with E-state index in [1.807, 2.05) is 0 Å². The van der Waals surface area contributed by atoms with Crippen LogP contribution in [0.5, 0.6) is 0 Å². The molecule has 7 heteroatoms. The van der Waals surface area contributed by atoms with E-state index < -0.39 is 29.0 Å². The molecular weight excluding hydrogens is 285 g/mol. The van der Waals surface area contributed by atoms with Gasteiger partial charge >= 0.3 is 11.9 Å². The minimum atomic E-state index is -4.44. The lowest BCUT2D eigenvalue weighted by molar-refractivity contribution is -0.138. The summed E-state index contributed by atoms with van der Waals surface area (Å²) in [6.45, 7) is 0. The van der Waals surface area contributed by atoms with Crippen molar-refractivity contribution >= 4 is 0 Å². The van der Waals surface area contributed by atoms with Crippen LogP contribution in [0.25, 0.3) is 0 Å². The van der Waals surface area contributed by atoms with E-state index in [9.17, 15) is 22.8 Å². The number of alkyl halides is 3. The summed E-state index contributed by atoms with van der Waals surface area (Å²) in [7, 11) is 0. The monoisotopic (exact) mass is 296 g/mol. The Bertz CT molecular complexity index is 777. The zero-order chi connectivity index (χ0) is 15.2. The molecule has 1 aliphatic carbocycles. The number of aromatic amines is 1. The maximum Gasteiger partial charge on any atom is 0.416 e. The van der Waals surface area contributed by atoms with Crippen molar-refractivity contribution < 1.29 is 13.2 Å². The second kappa shape index (κ2) is 4.61. The topological polar surface area (TPSA) is 54.9 Å². The highest BCUT2D eigenvalue weighted by molar-refractivity contribution is 5.42. The molecule has 3 rings (SSSR count). The van der Waals surface area contributed by atoms with Gasteiger partial charge in [0.25, 0.3) is 5.56 Å². The Morgan fingerprint density at radius 1 is 1.19 bits per heavy atom. The third-order valence-corrected chi connectivity index (χ3v) is 3.75. The van der Waals surface area contributed by atoms with Crippen LogP contribution in [-0.2, 0) is 12.6 Å². The van der Waals surface area contributed by atoms with Gasteiger partial charge in [0.1, 0.15) is 0 Å². The number of H-pyrrole nitrogens is 1. The highest BCUT2D eigenvalue weighted by Crippen LogP contribution is 2.41. The number of halogens is 3. The normalized spacial score (nSPS) is 17.8. The summed E-state index contributed by atoms with van der Waals surface area (Å²) < 4.78 is 40.0.